The number of tetrazole rings is 1. The number of primary amides is 1. The number of carbonyl (C=O) groups excluding carboxylic acids is 1. The van der Waals surface area contributed by atoms with Gasteiger partial charge in [-0.1, -0.05) is 0 Å². The summed E-state index contributed by atoms with van der Waals surface area (Å²) in [5.74, 6) is 1.34. The van der Waals surface area contributed by atoms with Crippen molar-refractivity contribution in [3.05, 3.63) is 35.8 Å². The molecule has 12 heteroatoms. The number of nitrogens with zero attached hydrogens (tertiary/aromatic N) is 6. The number of nitrogens with one attached hydrogen (secondary N) is 3. The van der Waals surface area contributed by atoms with Crippen molar-refractivity contribution < 1.29 is 9.53 Å². The number of rotatable bonds is 7. The van der Waals surface area contributed by atoms with Gasteiger partial charge in [0.15, 0.2) is 5.82 Å². The van der Waals surface area contributed by atoms with E-state index in [0.717, 1.165) is 12.8 Å². The molecule has 4 rings (SSSR count). The van der Waals surface area contributed by atoms with Crippen LogP contribution in [0, 0.1) is 6.92 Å². The summed E-state index contributed by atoms with van der Waals surface area (Å²) in [4.78, 5) is 21.0. The summed E-state index contributed by atoms with van der Waals surface area (Å²) in [6.45, 7) is 10.5. The zero-order valence-electron chi connectivity index (χ0n) is 20.9. The fraction of sp³-hybridized carbons (Fsp3) is 0.478. The molecule has 0 saturated carbocycles. The van der Waals surface area contributed by atoms with Gasteiger partial charge in [0.1, 0.15) is 11.6 Å². The predicted octanol–water partition coefficient (Wildman–Crippen LogP) is 2.33. The summed E-state index contributed by atoms with van der Waals surface area (Å²) >= 11 is 0. The molecular formula is C23H32N10O2. The predicted molar refractivity (Wildman–Crippen MR) is 132 cm³/mol. The van der Waals surface area contributed by atoms with Gasteiger partial charge in [0, 0.05) is 41.1 Å². The number of hydrogen-bond donors (Lipinski definition) is 4. The number of anilines is 3. The molecule has 0 radical (unpaired) electrons. The van der Waals surface area contributed by atoms with Gasteiger partial charge in [-0.15, -0.1) is 5.10 Å². The minimum Gasteiger partial charge on any atom is -0.497 e. The Balaban J connectivity index is 1.64. The molecule has 0 atom stereocenters. The molecule has 1 aliphatic rings. The fourth-order valence-corrected chi connectivity index (χ4v) is 4.85. The van der Waals surface area contributed by atoms with Gasteiger partial charge in [-0.2, -0.15) is 9.67 Å². The van der Waals surface area contributed by atoms with Crippen LogP contribution in [-0.4, -0.2) is 60.3 Å². The highest BCUT2D eigenvalue weighted by Crippen LogP contribution is 2.31. The van der Waals surface area contributed by atoms with Gasteiger partial charge in [-0.3, -0.25) is 4.79 Å². The molecule has 3 heterocycles. The molecular weight excluding hydrogens is 448 g/mol. The van der Waals surface area contributed by atoms with Gasteiger partial charge < -0.3 is 26.4 Å². The Hall–Kier alpha value is -3.80. The average Bonchev–Trinajstić information content (AvgIpc) is 3.17. The van der Waals surface area contributed by atoms with Crippen molar-refractivity contribution in [1.82, 2.24) is 35.5 Å². The SMILES string of the molecule is COc1cc(Nc2ncc(C(N)=O)c(NC3CC(C)(C)NC(C)(C)C3)n2)cc(-n2nnnc2C)c1. The Morgan fingerprint density at radius 2 is 1.91 bits per heavy atom. The van der Waals surface area contributed by atoms with E-state index in [9.17, 15) is 4.79 Å². The summed E-state index contributed by atoms with van der Waals surface area (Å²) in [6, 6.07) is 5.56. The quantitative estimate of drug-likeness (QED) is 0.395. The maximum absolute atomic E-state index is 12.1. The lowest BCUT2D eigenvalue weighted by atomic mass is 9.79. The lowest BCUT2D eigenvalue weighted by Gasteiger charge is -2.46. The van der Waals surface area contributed by atoms with E-state index in [1.54, 1.807) is 24.8 Å². The number of nitrogens with two attached hydrogens (primary N) is 1. The zero-order valence-corrected chi connectivity index (χ0v) is 20.9. The van der Waals surface area contributed by atoms with E-state index in [1.807, 2.05) is 12.1 Å². The van der Waals surface area contributed by atoms with Crippen molar-refractivity contribution in [3.8, 4) is 11.4 Å². The van der Waals surface area contributed by atoms with Crippen LogP contribution in [0.25, 0.3) is 5.69 Å². The smallest absolute Gasteiger partial charge is 0.254 e. The van der Waals surface area contributed by atoms with Crippen LogP contribution in [0.3, 0.4) is 0 Å². The number of piperidine rings is 1. The van der Waals surface area contributed by atoms with E-state index in [1.165, 1.54) is 6.20 Å². The first-order valence-corrected chi connectivity index (χ1v) is 11.4. The van der Waals surface area contributed by atoms with Crippen LogP contribution in [0.5, 0.6) is 5.75 Å². The van der Waals surface area contributed by atoms with Crippen LogP contribution in [0.4, 0.5) is 17.5 Å². The molecule has 1 amide bonds. The minimum absolute atomic E-state index is 0.0776. The number of amides is 1. The molecule has 1 saturated heterocycles. The molecule has 5 N–H and O–H groups in total. The summed E-state index contributed by atoms with van der Waals surface area (Å²) in [6.07, 6.45) is 3.14. The molecule has 1 aromatic carbocycles. The summed E-state index contributed by atoms with van der Waals surface area (Å²) < 4.78 is 7.04. The van der Waals surface area contributed by atoms with Crippen LogP contribution < -0.4 is 26.4 Å². The van der Waals surface area contributed by atoms with Gasteiger partial charge >= 0.3 is 0 Å². The highest BCUT2D eigenvalue weighted by Gasteiger charge is 2.38. The molecule has 0 bridgehead atoms. The average molecular weight is 481 g/mol. The second-order valence-corrected chi connectivity index (χ2v) is 10.1. The lowest BCUT2D eigenvalue weighted by molar-refractivity contribution is 0.100. The van der Waals surface area contributed by atoms with E-state index in [2.05, 4.69) is 69.1 Å². The van der Waals surface area contributed by atoms with Crippen LogP contribution in [0.1, 0.15) is 56.7 Å². The Morgan fingerprint density at radius 3 is 2.51 bits per heavy atom. The number of ether oxygens (including phenoxy) is 1. The maximum atomic E-state index is 12.1. The van der Waals surface area contributed by atoms with E-state index < -0.39 is 5.91 Å². The van der Waals surface area contributed by atoms with Crippen molar-refractivity contribution in [2.24, 2.45) is 5.73 Å². The molecule has 0 aliphatic carbocycles. The van der Waals surface area contributed by atoms with Crippen molar-refractivity contribution in [3.63, 3.8) is 0 Å². The maximum Gasteiger partial charge on any atom is 0.254 e. The second-order valence-electron chi connectivity index (χ2n) is 10.1. The monoisotopic (exact) mass is 480 g/mol. The van der Waals surface area contributed by atoms with Crippen molar-refractivity contribution in [1.29, 1.82) is 0 Å². The number of hydrogen-bond acceptors (Lipinski definition) is 10. The Bertz CT molecular complexity index is 1220. The Kier molecular flexibility index (Phi) is 6.32. The molecule has 12 nitrogen and oxygen atoms in total. The lowest BCUT2D eigenvalue weighted by Crippen LogP contribution is -2.60. The summed E-state index contributed by atoms with van der Waals surface area (Å²) in [5, 5.41) is 21.9. The second kappa shape index (κ2) is 9.10. The molecule has 186 valence electrons. The molecule has 3 aromatic rings. The van der Waals surface area contributed by atoms with Gasteiger partial charge in [-0.05, 0) is 64.0 Å². The van der Waals surface area contributed by atoms with Crippen LogP contribution in [0.15, 0.2) is 24.4 Å². The third kappa shape index (κ3) is 5.65. The molecule has 35 heavy (non-hydrogen) atoms. The van der Waals surface area contributed by atoms with Gasteiger partial charge in [-0.25, -0.2) is 4.98 Å². The van der Waals surface area contributed by atoms with Gasteiger partial charge in [0.2, 0.25) is 5.95 Å². The molecule has 1 aliphatic heterocycles. The highest BCUT2D eigenvalue weighted by atomic mass is 16.5. The molecule has 0 spiro atoms. The number of benzene rings is 1. The third-order valence-electron chi connectivity index (χ3n) is 5.84. The zero-order chi connectivity index (χ0) is 25.4. The number of methoxy groups -OCH3 is 1. The third-order valence-corrected chi connectivity index (χ3v) is 5.84. The van der Waals surface area contributed by atoms with E-state index in [-0.39, 0.29) is 22.7 Å². The Morgan fingerprint density at radius 1 is 1.20 bits per heavy atom. The van der Waals surface area contributed by atoms with E-state index >= 15 is 0 Å². The van der Waals surface area contributed by atoms with E-state index in [0.29, 0.717) is 34.7 Å². The first-order valence-electron chi connectivity index (χ1n) is 11.4. The topological polar surface area (TPSA) is 158 Å². The van der Waals surface area contributed by atoms with Crippen molar-refractivity contribution in [2.45, 2.75) is 64.6 Å². The van der Waals surface area contributed by atoms with Gasteiger partial charge in [0.05, 0.1) is 18.4 Å². The number of carbonyl (C=O) groups is 1. The normalized spacial score (nSPS) is 17.1. The van der Waals surface area contributed by atoms with Crippen LogP contribution >= 0.6 is 0 Å². The minimum atomic E-state index is -0.593. The number of aromatic nitrogens is 6. The first kappa shape index (κ1) is 24.3. The van der Waals surface area contributed by atoms with Crippen molar-refractivity contribution >= 4 is 23.4 Å². The van der Waals surface area contributed by atoms with Crippen molar-refractivity contribution in [2.75, 3.05) is 17.7 Å². The van der Waals surface area contributed by atoms with Crippen LogP contribution in [-0.2, 0) is 0 Å². The molecule has 2 aromatic heterocycles. The summed E-state index contributed by atoms with van der Waals surface area (Å²) in [7, 11) is 1.58. The fourth-order valence-electron chi connectivity index (χ4n) is 4.85. The standard InChI is InChI=1S/C23H32N10O2/c1-13-29-31-32-33(13)16-7-14(8-17(9-16)35-6)27-21-25-12-18(19(24)34)20(28-21)26-15-10-22(2,3)30-23(4,5)11-15/h7-9,12,15,30H,10-11H2,1-6H3,(H2,24,34)(H2,25,26,27,28). The molecule has 0 unspecified atom stereocenters. The van der Waals surface area contributed by atoms with E-state index in [4.69, 9.17) is 10.5 Å². The highest BCUT2D eigenvalue weighted by molar-refractivity contribution is 5.97. The van der Waals surface area contributed by atoms with Crippen LogP contribution in [0.2, 0.25) is 0 Å². The molecule has 1 fully saturated rings. The number of aryl methyl sites for hydroxylation is 1. The summed E-state index contributed by atoms with van der Waals surface area (Å²) in [5.41, 5.74) is 7.08. The first-order chi connectivity index (χ1) is 16.4. The van der Waals surface area contributed by atoms with Gasteiger partial charge in [0.25, 0.3) is 5.91 Å². The largest absolute Gasteiger partial charge is 0.497 e. The Labute approximate surface area is 204 Å².